The largest absolute Gasteiger partial charge is 0.504 e. The van der Waals surface area contributed by atoms with Gasteiger partial charge in [0.1, 0.15) is 0 Å². The molecular weight excluding hydrogens is 282 g/mol. The van der Waals surface area contributed by atoms with E-state index in [1.165, 1.54) is 16.4 Å². The molecule has 2 rings (SSSR count). The molecule has 6 nitrogen and oxygen atoms in total. The lowest BCUT2D eigenvalue weighted by atomic mass is 10.0. The van der Waals surface area contributed by atoms with Crippen molar-refractivity contribution >= 4 is 5.91 Å². The Balaban J connectivity index is 2.16. The number of hydrogen-bond acceptors (Lipinski definition) is 4. The van der Waals surface area contributed by atoms with E-state index in [1.54, 1.807) is 0 Å². The molecular formula is C16H21N3O3. The van der Waals surface area contributed by atoms with Crippen molar-refractivity contribution < 1.29 is 15.0 Å². The molecule has 118 valence electrons. The number of rotatable bonds is 6. The lowest BCUT2D eigenvalue weighted by Gasteiger charge is -2.06. The molecule has 0 spiro atoms. The van der Waals surface area contributed by atoms with Gasteiger partial charge in [0.15, 0.2) is 11.4 Å². The summed E-state index contributed by atoms with van der Waals surface area (Å²) in [6.45, 7) is 4.57. The van der Waals surface area contributed by atoms with Crippen molar-refractivity contribution in [2.24, 2.45) is 0 Å². The van der Waals surface area contributed by atoms with Crippen molar-refractivity contribution in [1.29, 1.82) is 0 Å². The molecule has 0 atom stereocenters. The Morgan fingerprint density at radius 3 is 2.59 bits per heavy atom. The van der Waals surface area contributed by atoms with E-state index in [2.05, 4.69) is 24.3 Å². The van der Waals surface area contributed by atoms with Crippen LogP contribution in [0, 0.1) is 0 Å². The summed E-state index contributed by atoms with van der Waals surface area (Å²) in [7, 11) is 0. The van der Waals surface area contributed by atoms with Gasteiger partial charge in [-0.1, -0.05) is 26.0 Å². The average molecular weight is 303 g/mol. The molecule has 0 radical (unpaired) electrons. The zero-order chi connectivity index (χ0) is 16.1. The summed E-state index contributed by atoms with van der Waals surface area (Å²) < 4.78 is 1.47. The third-order valence-corrected chi connectivity index (χ3v) is 3.35. The van der Waals surface area contributed by atoms with Crippen molar-refractivity contribution in [2.75, 3.05) is 13.2 Å². The van der Waals surface area contributed by atoms with E-state index in [4.69, 9.17) is 5.11 Å². The van der Waals surface area contributed by atoms with Crippen LogP contribution in [0.4, 0.5) is 0 Å². The molecule has 1 aromatic carbocycles. The first-order chi connectivity index (χ1) is 10.5. The highest BCUT2D eigenvalue weighted by atomic mass is 16.3. The molecule has 3 N–H and O–H groups in total. The molecule has 0 aliphatic heterocycles. The maximum absolute atomic E-state index is 11.9. The second-order valence-electron chi connectivity index (χ2n) is 5.39. The van der Waals surface area contributed by atoms with Crippen LogP contribution in [0.3, 0.4) is 0 Å². The maximum atomic E-state index is 11.9. The average Bonchev–Trinajstić information content (AvgIpc) is 2.89. The summed E-state index contributed by atoms with van der Waals surface area (Å²) >= 11 is 0. The first kappa shape index (κ1) is 16.0. The minimum atomic E-state index is -0.455. The molecule has 6 heteroatoms. The van der Waals surface area contributed by atoms with Gasteiger partial charge in [-0.15, -0.1) is 0 Å². The Morgan fingerprint density at radius 1 is 1.32 bits per heavy atom. The van der Waals surface area contributed by atoms with Crippen LogP contribution in [-0.2, 0) is 0 Å². The van der Waals surface area contributed by atoms with Crippen LogP contribution in [0.1, 0.15) is 42.2 Å². The van der Waals surface area contributed by atoms with Crippen LogP contribution in [0.15, 0.2) is 30.5 Å². The highest BCUT2D eigenvalue weighted by molar-refractivity contribution is 5.94. The zero-order valence-electron chi connectivity index (χ0n) is 12.8. The van der Waals surface area contributed by atoms with E-state index in [9.17, 15) is 9.90 Å². The molecule has 0 bridgehead atoms. The van der Waals surface area contributed by atoms with E-state index in [0.717, 1.165) is 5.69 Å². The summed E-state index contributed by atoms with van der Waals surface area (Å²) in [6.07, 6.45) is 1.87. The van der Waals surface area contributed by atoms with Crippen LogP contribution >= 0.6 is 0 Å². The fraction of sp³-hybridized carbons (Fsp3) is 0.375. The van der Waals surface area contributed by atoms with Crippen LogP contribution in [0.2, 0.25) is 0 Å². The number of nitrogens with zero attached hydrogens (tertiary/aromatic N) is 2. The summed E-state index contributed by atoms with van der Waals surface area (Å²) in [5.41, 5.74) is 1.96. The van der Waals surface area contributed by atoms with Crippen molar-refractivity contribution in [3.63, 3.8) is 0 Å². The van der Waals surface area contributed by atoms with E-state index in [1.807, 2.05) is 24.3 Å². The van der Waals surface area contributed by atoms with Crippen molar-refractivity contribution in [3.8, 4) is 11.4 Å². The third kappa shape index (κ3) is 3.65. The van der Waals surface area contributed by atoms with Gasteiger partial charge in [0.05, 0.1) is 11.9 Å². The molecule has 0 saturated heterocycles. The second-order valence-corrected chi connectivity index (χ2v) is 5.39. The fourth-order valence-electron chi connectivity index (χ4n) is 2.04. The topological polar surface area (TPSA) is 87.4 Å². The minimum absolute atomic E-state index is 0.00288. The van der Waals surface area contributed by atoms with Crippen LogP contribution in [-0.4, -0.2) is 39.1 Å². The molecule has 0 unspecified atom stereocenters. The van der Waals surface area contributed by atoms with E-state index in [0.29, 0.717) is 18.9 Å². The maximum Gasteiger partial charge on any atom is 0.275 e. The van der Waals surface area contributed by atoms with Crippen LogP contribution in [0.25, 0.3) is 5.69 Å². The molecule has 0 fully saturated rings. The molecule has 1 heterocycles. The number of benzene rings is 1. The van der Waals surface area contributed by atoms with Gasteiger partial charge in [0.2, 0.25) is 0 Å². The molecule has 0 saturated carbocycles. The van der Waals surface area contributed by atoms with Gasteiger partial charge in [-0.05, 0) is 30.0 Å². The number of aromatic nitrogens is 2. The summed E-state index contributed by atoms with van der Waals surface area (Å²) in [5, 5.41) is 25.3. The minimum Gasteiger partial charge on any atom is -0.504 e. The first-order valence-electron chi connectivity index (χ1n) is 7.31. The monoisotopic (exact) mass is 303 g/mol. The van der Waals surface area contributed by atoms with Crippen molar-refractivity contribution in [1.82, 2.24) is 15.1 Å². The molecule has 1 amide bonds. The molecule has 0 aliphatic rings. The number of carbonyl (C=O) groups is 1. The van der Waals surface area contributed by atoms with Gasteiger partial charge < -0.3 is 15.5 Å². The summed E-state index contributed by atoms with van der Waals surface area (Å²) in [4.78, 5) is 11.9. The lowest BCUT2D eigenvalue weighted by molar-refractivity contribution is 0.0943. The van der Waals surface area contributed by atoms with Crippen LogP contribution < -0.4 is 5.32 Å². The number of hydrogen-bond donors (Lipinski definition) is 3. The molecule has 1 aromatic heterocycles. The highest BCUT2D eigenvalue weighted by Gasteiger charge is 2.16. The Hall–Kier alpha value is -2.34. The first-order valence-corrected chi connectivity index (χ1v) is 7.31. The Morgan fingerprint density at radius 2 is 2.00 bits per heavy atom. The van der Waals surface area contributed by atoms with Gasteiger partial charge >= 0.3 is 0 Å². The predicted molar refractivity (Wildman–Crippen MR) is 83.4 cm³/mol. The van der Waals surface area contributed by atoms with E-state index >= 15 is 0 Å². The Kier molecular flexibility index (Phi) is 5.16. The Bertz CT molecular complexity index is 633. The van der Waals surface area contributed by atoms with Gasteiger partial charge in [0, 0.05) is 13.2 Å². The quantitative estimate of drug-likeness (QED) is 0.710. The fourth-order valence-corrected chi connectivity index (χ4v) is 2.04. The zero-order valence-corrected chi connectivity index (χ0v) is 12.8. The summed E-state index contributed by atoms with van der Waals surface area (Å²) in [6, 6.07) is 7.80. The second kappa shape index (κ2) is 7.09. The lowest BCUT2D eigenvalue weighted by Crippen LogP contribution is -2.25. The van der Waals surface area contributed by atoms with Crippen molar-refractivity contribution in [3.05, 3.63) is 41.7 Å². The SMILES string of the molecule is CC(C)c1ccc(-n2cc(O)c(C(=O)NCCCO)n2)cc1. The summed E-state index contributed by atoms with van der Waals surface area (Å²) in [5.74, 6) is -0.189. The smallest absolute Gasteiger partial charge is 0.275 e. The van der Waals surface area contributed by atoms with Crippen molar-refractivity contribution in [2.45, 2.75) is 26.2 Å². The third-order valence-electron chi connectivity index (χ3n) is 3.35. The van der Waals surface area contributed by atoms with Gasteiger partial charge in [0.25, 0.3) is 5.91 Å². The highest BCUT2D eigenvalue weighted by Crippen LogP contribution is 2.20. The van der Waals surface area contributed by atoms with Gasteiger partial charge in [-0.3, -0.25) is 4.79 Å². The van der Waals surface area contributed by atoms with Gasteiger partial charge in [-0.25, -0.2) is 4.68 Å². The molecule has 22 heavy (non-hydrogen) atoms. The number of aromatic hydroxyl groups is 1. The van der Waals surface area contributed by atoms with E-state index in [-0.39, 0.29) is 18.1 Å². The van der Waals surface area contributed by atoms with Crippen LogP contribution in [0.5, 0.6) is 5.75 Å². The number of nitrogens with one attached hydrogen (secondary N) is 1. The van der Waals surface area contributed by atoms with Gasteiger partial charge in [-0.2, -0.15) is 5.10 Å². The van der Waals surface area contributed by atoms with E-state index < -0.39 is 5.91 Å². The predicted octanol–water partition coefficient (Wildman–Crippen LogP) is 1.81. The normalized spacial score (nSPS) is 10.9. The Labute approximate surface area is 129 Å². The molecule has 2 aromatic rings. The number of carbonyl (C=O) groups excluding carboxylic acids is 1. The molecule has 0 aliphatic carbocycles. The standard InChI is InChI=1S/C16H21N3O3/c1-11(2)12-4-6-13(7-5-12)19-10-14(21)15(18-19)16(22)17-8-3-9-20/h4-7,10-11,20-21H,3,8-9H2,1-2H3,(H,17,22). The number of aliphatic hydroxyl groups excluding tert-OH is 1. The number of aliphatic hydroxyl groups is 1. The number of amides is 1.